The molecule has 1 N–H and O–H groups in total. The van der Waals surface area contributed by atoms with Crippen LogP contribution in [0.5, 0.6) is 0 Å². The Morgan fingerprint density at radius 3 is 2.50 bits per heavy atom. The summed E-state index contributed by atoms with van der Waals surface area (Å²) in [5.41, 5.74) is 0. The van der Waals surface area contributed by atoms with Gasteiger partial charge in [-0.3, -0.25) is 0 Å². The average molecular weight is 250 g/mol. The van der Waals surface area contributed by atoms with E-state index in [9.17, 15) is 4.79 Å². The number of hydrogen-bond donors (Lipinski definition) is 1. The first-order valence-corrected chi connectivity index (χ1v) is 5.81. The van der Waals surface area contributed by atoms with Crippen molar-refractivity contribution in [2.45, 2.75) is 50.8 Å². The molecule has 0 aromatic heterocycles. The zero-order valence-corrected chi connectivity index (χ0v) is 10.4. The molecule has 2 heterocycles. The molecule has 2 saturated heterocycles. The minimum Gasteiger partial charge on any atom is -0.464 e. The smallest absolute Gasteiger partial charge is 0.332 e. The Hall–Kier alpha value is -0.320. The van der Waals surface area contributed by atoms with Gasteiger partial charge in [0.2, 0.25) is 0 Å². The minimum atomic E-state index is -0.247. The quantitative estimate of drug-likeness (QED) is 0.763. The molecule has 0 saturated carbocycles. The lowest BCUT2D eigenvalue weighted by atomic mass is 10.0. The van der Waals surface area contributed by atoms with E-state index >= 15 is 0 Å². The van der Waals surface area contributed by atoms with Crippen molar-refractivity contribution in [2.75, 3.05) is 13.2 Å². The predicted molar refractivity (Wildman–Crippen MR) is 62.8 cm³/mol. The number of carbonyl (C=O) groups excluding carboxylic acids is 1. The summed E-state index contributed by atoms with van der Waals surface area (Å²) in [4.78, 5) is 11.1. The van der Waals surface area contributed by atoms with E-state index in [4.69, 9.17) is 9.47 Å². The summed E-state index contributed by atoms with van der Waals surface area (Å²) in [5.74, 6) is -0.247. The highest BCUT2D eigenvalue weighted by atomic mass is 35.5. The SMILES string of the molecule is CCOC(=O)COC1C[C@H]2CC[C@@H](C1)N2.Cl. The van der Waals surface area contributed by atoms with Crippen molar-refractivity contribution in [3.63, 3.8) is 0 Å². The first-order valence-electron chi connectivity index (χ1n) is 5.81. The summed E-state index contributed by atoms with van der Waals surface area (Å²) in [6, 6.07) is 1.21. The van der Waals surface area contributed by atoms with Crippen molar-refractivity contribution in [3.8, 4) is 0 Å². The molecule has 5 heteroatoms. The highest BCUT2D eigenvalue weighted by Crippen LogP contribution is 2.28. The molecule has 2 rings (SSSR count). The zero-order valence-electron chi connectivity index (χ0n) is 9.61. The van der Waals surface area contributed by atoms with Gasteiger partial charge in [-0.15, -0.1) is 12.4 Å². The van der Waals surface area contributed by atoms with Gasteiger partial charge in [0.1, 0.15) is 6.61 Å². The van der Waals surface area contributed by atoms with Gasteiger partial charge >= 0.3 is 5.97 Å². The number of halogens is 1. The zero-order chi connectivity index (χ0) is 10.7. The van der Waals surface area contributed by atoms with Gasteiger partial charge in [-0.05, 0) is 32.6 Å². The van der Waals surface area contributed by atoms with Crippen molar-refractivity contribution < 1.29 is 14.3 Å². The summed E-state index contributed by atoms with van der Waals surface area (Å²) >= 11 is 0. The normalized spacial score (nSPS) is 31.9. The van der Waals surface area contributed by atoms with E-state index in [2.05, 4.69) is 5.32 Å². The monoisotopic (exact) mass is 249 g/mol. The number of rotatable bonds is 4. The number of esters is 1. The van der Waals surface area contributed by atoms with E-state index in [0.717, 1.165) is 12.8 Å². The molecular weight excluding hydrogens is 230 g/mol. The van der Waals surface area contributed by atoms with Crippen molar-refractivity contribution in [3.05, 3.63) is 0 Å². The molecule has 0 aromatic rings. The van der Waals surface area contributed by atoms with Crippen LogP contribution >= 0.6 is 12.4 Å². The standard InChI is InChI=1S/C11H19NO3.ClH/c1-2-14-11(13)7-15-10-5-8-3-4-9(6-10)12-8;/h8-10,12H,2-7H2,1H3;1H/t8-,9+,10?;. The van der Waals surface area contributed by atoms with Gasteiger partial charge in [-0.25, -0.2) is 4.79 Å². The third-order valence-corrected chi connectivity index (χ3v) is 3.17. The Labute approximate surface area is 102 Å². The van der Waals surface area contributed by atoms with E-state index in [1.54, 1.807) is 0 Å². The highest BCUT2D eigenvalue weighted by molar-refractivity contribution is 5.85. The second-order valence-corrected chi connectivity index (χ2v) is 4.35. The first kappa shape index (κ1) is 13.7. The molecule has 0 aromatic carbocycles. The van der Waals surface area contributed by atoms with Gasteiger partial charge in [0.05, 0.1) is 12.7 Å². The van der Waals surface area contributed by atoms with E-state index in [-0.39, 0.29) is 31.1 Å². The van der Waals surface area contributed by atoms with Crippen LogP contribution in [0.1, 0.15) is 32.6 Å². The molecule has 2 aliphatic rings. The molecule has 16 heavy (non-hydrogen) atoms. The lowest BCUT2D eigenvalue weighted by Crippen LogP contribution is -2.41. The van der Waals surface area contributed by atoms with Gasteiger partial charge in [0, 0.05) is 12.1 Å². The molecule has 94 valence electrons. The number of nitrogens with one attached hydrogen (secondary N) is 1. The van der Waals surface area contributed by atoms with Crippen LogP contribution in [-0.4, -0.2) is 37.4 Å². The Bertz CT molecular complexity index is 225. The fraction of sp³-hybridized carbons (Fsp3) is 0.909. The van der Waals surface area contributed by atoms with E-state index in [1.807, 2.05) is 6.92 Å². The maximum Gasteiger partial charge on any atom is 0.332 e. The van der Waals surface area contributed by atoms with Crippen LogP contribution in [-0.2, 0) is 14.3 Å². The second kappa shape index (κ2) is 6.42. The number of ether oxygens (including phenoxy) is 2. The number of fused-ring (bicyclic) bond motifs is 2. The molecule has 2 fully saturated rings. The van der Waals surface area contributed by atoms with Gasteiger partial charge in [-0.2, -0.15) is 0 Å². The second-order valence-electron chi connectivity index (χ2n) is 4.35. The van der Waals surface area contributed by atoms with Crippen LogP contribution in [0.4, 0.5) is 0 Å². The van der Waals surface area contributed by atoms with Crippen molar-refractivity contribution in [1.82, 2.24) is 5.32 Å². The van der Waals surface area contributed by atoms with Crippen molar-refractivity contribution >= 4 is 18.4 Å². The third kappa shape index (κ3) is 3.61. The lowest BCUT2D eigenvalue weighted by molar-refractivity contribution is -0.151. The Morgan fingerprint density at radius 2 is 1.94 bits per heavy atom. The molecule has 2 bridgehead atoms. The molecular formula is C11H20ClNO3. The van der Waals surface area contributed by atoms with Crippen LogP contribution in [0.25, 0.3) is 0 Å². The lowest BCUT2D eigenvalue weighted by Gasteiger charge is -2.28. The minimum absolute atomic E-state index is 0. The molecule has 2 aliphatic heterocycles. The van der Waals surface area contributed by atoms with Gasteiger partial charge in [0.15, 0.2) is 0 Å². The number of hydrogen-bond acceptors (Lipinski definition) is 4. The predicted octanol–water partition coefficient (Wildman–Crippen LogP) is 1.27. The summed E-state index contributed by atoms with van der Waals surface area (Å²) in [7, 11) is 0. The van der Waals surface area contributed by atoms with Crippen molar-refractivity contribution in [2.24, 2.45) is 0 Å². The van der Waals surface area contributed by atoms with E-state index in [0.29, 0.717) is 18.7 Å². The third-order valence-electron chi connectivity index (χ3n) is 3.17. The Balaban J connectivity index is 0.00000128. The van der Waals surface area contributed by atoms with Gasteiger partial charge in [-0.1, -0.05) is 0 Å². The molecule has 4 nitrogen and oxygen atoms in total. The summed E-state index contributed by atoms with van der Waals surface area (Å²) in [6.07, 6.45) is 4.83. The number of carbonyl (C=O) groups is 1. The molecule has 3 atom stereocenters. The molecule has 0 aliphatic carbocycles. The van der Waals surface area contributed by atoms with E-state index in [1.165, 1.54) is 12.8 Å². The molecule has 0 radical (unpaired) electrons. The molecule has 0 amide bonds. The fourth-order valence-corrected chi connectivity index (χ4v) is 2.53. The summed E-state index contributed by atoms with van der Waals surface area (Å²) in [6.45, 7) is 2.35. The fourth-order valence-electron chi connectivity index (χ4n) is 2.53. The van der Waals surface area contributed by atoms with Crippen LogP contribution < -0.4 is 5.32 Å². The molecule has 0 spiro atoms. The maximum atomic E-state index is 11.1. The van der Waals surface area contributed by atoms with Crippen LogP contribution in [0.15, 0.2) is 0 Å². The van der Waals surface area contributed by atoms with Gasteiger partial charge in [0.25, 0.3) is 0 Å². The van der Waals surface area contributed by atoms with Crippen molar-refractivity contribution in [1.29, 1.82) is 0 Å². The Morgan fingerprint density at radius 1 is 1.31 bits per heavy atom. The average Bonchev–Trinajstić information content (AvgIpc) is 2.56. The molecule has 1 unspecified atom stereocenters. The largest absolute Gasteiger partial charge is 0.464 e. The number of piperidine rings is 1. The first-order chi connectivity index (χ1) is 7.28. The van der Waals surface area contributed by atoms with Crippen LogP contribution in [0.2, 0.25) is 0 Å². The van der Waals surface area contributed by atoms with Crippen LogP contribution in [0.3, 0.4) is 0 Å². The maximum absolute atomic E-state index is 11.1. The summed E-state index contributed by atoms with van der Waals surface area (Å²) in [5, 5.41) is 3.54. The Kier molecular flexibility index (Phi) is 5.52. The van der Waals surface area contributed by atoms with E-state index < -0.39 is 0 Å². The topological polar surface area (TPSA) is 47.6 Å². The highest BCUT2D eigenvalue weighted by Gasteiger charge is 2.34. The summed E-state index contributed by atoms with van der Waals surface area (Å²) < 4.78 is 10.4. The van der Waals surface area contributed by atoms with Crippen LogP contribution in [0, 0.1) is 0 Å². The van der Waals surface area contributed by atoms with Gasteiger partial charge < -0.3 is 14.8 Å².